The third kappa shape index (κ3) is 4.03. The van der Waals surface area contributed by atoms with Crippen LogP contribution in [0.15, 0.2) is 22.4 Å². The quantitative estimate of drug-likeness (QED) is 0.597. The van der Waals surface area contributed by atoms with E-state index in [1.807, 2.05) is 28.5 Å². The minimum atomic E-state index is -0.629. The number of thioether (sulfide) groups is 1. The van der Waals surface area contributed by atoms with Gasteiger partial charge in [0.05, 0.1) is 4.91 Å². The Kier molecular flexibility index (Phi) is 6.50. The zero-order chi connectivity index (χ0) is 18.7. The number of hydrogen-bond acceptors (Lipinski definition) is 6. The number of thiocarbonyl (C=S) groups is 1. The van der Waals surface area contributed by atoms with E-state index in [4.69, 9.17) is 12.2 Å². The molecular weight excluding hydrogens is 388 g/mol. The molecule has 2 saturated heterocycles. The van der Waals surface area contributed by atoms with Gasteiger partial charge in [0.25, 0.3) is 5.91 Å². The molecule has 1 aromatic heterocycles. The van der Waals surface area contributed by atoms with Crippen molar-refractivity contribution in [3.63, 3.8) is 0 Å². The Morgan fingerprint density at radius 1 is 1.50 bits per heavy atom. The third-order valence-electron chi connectivity index (χ3n) is 4.76. The van der Waals surface area contributed by atoms with E-state index in [0.29, 0.717) is 22.2 Å². The summed E-state index contributed by atoms with van der Waals surface area (Å²) in [5, 5.41) is 11.2. The number of amides is 2. The first-order valence-corrected chi connectivity index (χ1v) is 10.8. The van der Waals surface area contributed by atoms with Crippen LogP contribution in [0.4, 0.5) is 0 Å². The van der Waals surface area contributed by atoms with Gasteiger partial charge in [0.2, 0.25) is 5.91 Å². The van der Waals surface area contributed by atoms with Crippen LogP contribution in [0.2, 0.25) is 0 Å². The molecule has 0 aliphatic carbocycles. The molecule has 2 aliphatic heterocycles. The number of aliphatic hydroxyl groups is 1. The summed E-state index contributed by atoms with van der Waals surface area (Å²) >= 11 is 8.19. The lowest BCUT2D eigenvalue weighted by molar-refractivity contribution is -0.142. The van der Waals surface area contributed by atoms with E-state index in [9.17, 15) is 14.7 Å². The molecule has 0 spiro atoms. The van der Waals surface area contributed by atoms with Crippen molar-refractivity contribution in [1.29, 1.82) is 0 Å². The Labute approximate surface area is 167 Å². The Balaban J connectivity index is 1.76. The fraction of sp³-hybridized carbons (Fsp3) is 0.500. The molecule has 140 valence electrons. The maximum Gasteiger partial charge on any atom is 0.266 e. The number of carbonyl (C=O) groups is 2. The summed E-state index contributed by atoms with van der Waals surface area (Å²) in [6.07, 6.45) is 5.33. The summed E-state index contributed by atoms with van der Waals surface area (Å²) in [5.41, 5.74) is 0. The van der Waals surface area contributed by atoms with Crippen molar-refractivity contribution in [3.05, 3.63) is 27.3 Å². The second kappa shape index (κ2) is 8.65. The molecule has 2 atom stereocenters. The Bertz CT molecular complexity index is 715. The van der Waals surface area contributed by atoms with Crippen LogP contribution in [0, 0.1) is 0 Å². The summed E-state index contributed by atoms with van der Waals surface area (Å²) in [5.74, 6) is -0.290. The molecule has 8 heteroatoms. The molecule has 1 aromatic rings. The molecule has 2 unspecified atom stereocenters. The molecule has 2 aliphatic rings. The first-order chi connectivity index (χ1) is 12.5. The highest BCUT2D eigenvalue weighted by atomic mass is 32.2. The standard InChI is InChI=1S/C18H22N2O3S3/c1-12(16(22)19-8-3-2-5-13(19)7-9-21)20-17(23)15(26-18(20)24)11-14-6-4-10-25-14/h4,6,10-13,21H,2-3,5,7-9H2,1H3. The number of hydrogen-bond donors (Lipinski definition) is 1. The third-order valence-corrected chi connectivity index (χ3v) is 6.91. The summed E-state index contributed by atoms with van der Waals surface area (Å²) in [4.78, 5) is 30.7. The van der Waals surface area contributed by atoms with Gasteiger partial charge in [-0.05, 0) is 50.1 Å². The molecule has 2 amide bonds. The number of likely N-dealkylation sites (tertiary alicyclic amines) is 1. The SMILES string of the molecule is CC(C(=O)N1CCCCC1CCO)N1C(=O)C(=Cc2cccs2)SC1=S. The Hall–Kier alpha value is -1.22. The van der Waals surface area contributed by atoms with Crippen molar-refractivity contribution >= 4 is 57.5 Å². The lowest BCUT2D eigenvalue weighted by atomic mass is 9.98. The molecular formula is C18H22N2O3S3. The second-order valence-electron chi connectivity index (χ2n) is 6.44. The van der Waals surface area contributed by atoms with Gasteiger partial charge in [-0.15, -0.1) is 11.3 Å². The van der Waals surface area contributed by atoms with Gasteiger partial charge < -0.3 is 10.0 Å². The van der Waals surface area contributed by atoms with Crippen LogP contribution in [-0.2, 0) is 9.59 Å². The van der Waals surface area contributed by atoms with E-state index >= 15 is 0 Å². The Morgan fingerprint density at radius 2 is 2.31 bits per heavy atom. The van der Waals surface area contributed by atoms with Crippen molar-refractivity contribution in [2.75, 3.05) is 13.2 Å². The van der Waals surface area contributed by atoms with E-state index in [1.54, 1.807) is 18.3 Å². The molecule has 0 saturated carbocycles. The number of nitrogens with zero attached hydrogens (tertiary/aromatic N) is 2. The van der Waals surface area contributed by atoms with Gasteiger partial charge in [-0.3, -0.25) is 14.5 Å². The van der Waals surface area contributed by atoms with E-state index in [-0.39, 0.29) is 24.5 Å². The molecule has 3 heterocycles. The van der Waals surface area contributed by atoms with Gasteiger partial charge >= 0.3 is 0 Å². The van der Waals surface area contributed by atoms with Gasteiger partial charge in [0.15, 0.2) is 0 Å². The average Bonchev–Trinajstić information content (AvgIpc) is 3.23. The summed E-state index contributed by atoms with van der Waals surface area (Å²) < 4.78 is 0.425. The summed E-state index contributed by atoms with van der Waals surface area (Å²) in [6.45, 7) is 2.48. The lowest BCUT2D eigenvalue weighted by Crippen LogP contribution is -2.53. The van der Waals surface area contributed by atoms with Gasteiger partial charge in [-0.25, -0.2) is 0 Å². The van der Waals surface area contributed by atoms with Gasteiger partial charge in [0.1, 0.15) is 10.4 Å². The van der Waals surface area contributed by atoms with Crippen LogP contribution in [0.5, 0.6) is 0 Å². The largest absolute Gasteiger partial charge is 0.396 e. The van der Waals surface area contributed by atoms with Gasteiger partial charge in [-0.1, -0.05) is 30.0 Å². The van der Waals surface area contributed by atoms with Crippen molar-refractivity contribution in [2.24, 2.45) is 0 Å². The minimum Gasteiger partial charge on any atom is -0.396 e. The smallest absolute Gasteiger partial charge is 0.266 e. The van der Waals surface area contributed by atoms with E-state index in [0.717, 1.165) is 24.1 Å². The summed E-state index contributed by atoms with van der Waals surface area (Å²) in [7, 11) is 0. The topological polar surface area (TPSA) is 60.9 Å². The molecule has 0 bridgehead atoms. The predicted molar refractivity (Wildman–Crippen MR) is 110 cm³/mol. The van der Waals surface area contributed by atoms with Gasteiger partial charge in [0, 0.05) is 24.1 Å². The van der Waals surface area contributed by atoms with Crippen molar-refractivity contribution < 1.29 is 14.7 Å². The van der Waals surface area contributed by atoms with Crippen molar-refractivity contribution in [3.8, 4) is 0 Å². The van der Waals surface area contributed by atoms with Crippen LogP contribution in [0.25, 0.3) is 6.08 Å². The first-order valence-electron chi connectivity index (χ1n) is 8.75. The zero-order valence-corrected chi connectivity index (χ0v) is 17.0. The number of carbonyl (C=O) groups excluding carboxylic acids is 2. The Morgan fingerprint density at radius 3 is 3.00 bits per heavy atom. The number of rotatable bonds is 5. The van der Waals surface area contributed by atoms with E-state index in [2.05, 4.69) is 0 Å². The second-order valence-corrected chi connectivity index (χ2v) is 9.09. The van der Waals surface area contributed by atoms with Crippen LogP contribution in [0.1, 0.15) is 37.5 Å². The number of thiophene rings is 1. The predicted octanol–water partition coefficient (Wildman–Crippen LogP) is 3.10. The van der Waals surface area contributed by atoms with Crippen LogP contribution in [-0.4, -0.2) is 56.3 Å². The van der Waals surface area contributed by atoms with Crippen LogP contribution in [0.3, 0.4) is 0 Å². The van der Waals surface area contributed by atoms with Crippen molar-refractivity contribution in [2.45, 2.75) is 44.7 Å². The average molecular weight is 411 g/mol. The molecule has 0 aromatic carbocycles. The molecule has 2 fully saturated rings. The summed E-state index contributed by atoms with van der Waals surface area (Å²) in [6, 6.07) is 3.29. The van der Waals surface area contributed by atoms with Crippen LogP contribution < -0.4 is 0 Å². The first kappa shape index (κ1) is 19.5. The maximum atomic E-state index is 13.0. The normalized spacial score (nSPS) is 23.8. The molecule has 5 nitrogen and oxygen atoms in total. The maximum absolute atomic E-state index is 13.0. The lowest BCUT2D eigenvalue weighted by Gasteiger charge is -2.38. The highest BCUT2D eigenvalue weighted by Crippen LogP contribution is 2.35. The minimum absolute atomic E-state index is 0.0451. The number of aliphatic hydroxyl groups excluding tert-OH is 1. The van der Waals surface area contributed by atoms with Crippen molar-refractivity contribution in [1.82, 2.24) is 9.80 Å². The fourth-order valence-corrected chi connectivity index (χ4v) is 5.55. The fourth-order valence-electron chi connectivity index (χ4n) is 3.41. The monoisotopic (exact) mass is 410 g/mol. The van der Waals surface area contributed by atoms with E-state index in [1.165, 1.54) is 16.7 Å². The zero-order valence-electron chi connectivity index (χ0n) is 14.6. The van der Waals surface area contributed by atoms with Gasteiger partial charge in [-0.2, -0.15) is 0 Å². The molecule has 1 N–H and O–H groups in total. The van der Waals surface area contributed by atoms with Crippen LogP contribution >= 0.6 is 35.3 Å². The molecule has 3 rings (SSSR count). The molecule has 0 radical (unpaired) electrons. The highest BCUT2D eigenvalue weighted by molar-refractivity contribution is 8.26. The number of piperidine rings is 1. The molecule has 26 heavy (non-hydrogen) atoms. The van der Waals surface area contributed by atoms with E-state index < -0.39 is 6.04 Å². The highest BCUT2D eigenvalue weighted by Gasteiger charge is 2.41.